The fraction of sp³-hybridized carbons (Fsp3) is 0.462. The molecule has 3 heteroatoms. The summed E-state index contributed by atoms with van der Waals surface area (Å²) in [6, 6.07) is 7.91. The van der Waals surface area contributed by atoms with E-state index < -0.39 is 0 Å². The molecule has 1 unspecified atom stereocenters. The first-order valence-electron chi connectivity index (χ1n) is 5.51. The molecule has 0 heterocycles. The summed E-state index contributed by atoms with van der Waals surface area (Å²) in [4.78, 5) is 13.3. The van der Waals surface area contributed by atoms with Gasteiger partial charge in [-0.2, -0.15) is 0 Å². The number of hydrogen-bond donors (Lipinski definition) is 0. The van der Waals surface area contributed by atoms with E-state index in [2.05, 4.69) is 0 Å². The van der Waals surface area contributed by atoms with Crippen LogP contribution < -0.4 is 4.74 Å². The van der Waals surface area contributed by atoms with Gasteiger partial charge in [0.15, 0.2) is 0 Å². The number of rotatable bonds is 4. The topological polar surface area (TPSA) is 29.5 Å². The highest BCUT2D eigenvalue weighted by Crippen LogP contribution is 2.23. The van der Waals surface area contributed by atoms with Gasteiger partial charge in [0.05, 0.1) is 13.2 Å². The second-order valence-electron chi connectivity index (χ2n) is 3.76. The first-order valence-corrected chi connectivity index (χ1v) is 5.51. The van der Waals surface area contributed by atoms with E-state index in [-0.39, 0.29) is 11.9 Å². The van der Waals surface area contributed by atoms with Gasteiger partial charge in [-0.3, -0.25) is 4.79 Å². The zero-order valence-electron chi connectivity index (χ0n) is 10.4. The number of hydrogen-bond acceptors (Lipinski definition) is 2. The van der Waals surface area contributed by atoms with Crippen molar-refractivity contribution >= 4 is 5.91 Å². The van der Waals surface area contributed by atoms with Crippen molar-refractivity contribution in [1.82, 2.24) is 4.90 Å². The minimum Gasteiger partial charge on any atom is -0.497 e. The summed E-state index contributed by atoms with van der Waals surface area (Å²) >= 11 is 0. The van der Waals surface area contributed by atoms with Crippen LogP contribution in [0.15, 0.2) is 24.3 Å². The average molecular weight is 221 g/mol. The molecule has 0 bridgehead atoms. The molecule has 16 heavy (non-hydrogen) atoms. The maximum Gasteiger partial charge on any atom is 0.219 e. The highest BCUT2D eigenvalue weighted by atomic mass is 16.5. The lowest BCUT2D eigenvalue weighted by molar-refractivity contribution is -0.130. The molecule has 0 saturated carbocycles. The molecule has 3 nitrogen and oxygen atoms in total. The van der Waals surface area contributed by atoms with Gasteiger partial charge >= 0.3 is 0 Å². The fourth-order valence-corrected chi connectivity index (χ4v) is 1.85. The summed E-state index contributed by atoms with van der Waals surface area (Å²) in [5, 5.41) is 0. The molecule has 0 fully saturated rings. The average Bonchev–Trinajstić information content (AvgIpc) is 2.29. The number of carbonyl (C=O) groups is 1. The Hall–Kier alpha value is -1.51. The van der Waals surface area contributed by atoms with Crippen LogP contribution in [0.3, 0.4) is 0 Å². The molecule has 0 aromatic heterocycles. The molecule has 1 aromatic carbocycles. The van der Waals surface area contributed by atoms with Crippen LogP contribution in [0, 0.1) is 0 Å². The predicted molar refractivity (Wildman–Crippen MR) is 64.5 cm³/mol. The minimum atomic E-state index is 0.0811. The number of amides is 1. The molecular weight excluding hydrogens is 202 g/mol. The van der Waals surface area contributed by atoms with Gasteiger partial charge in [0.1, 0.15) is 5.75 Å². The summed E-state index contributed by atoms with van der Waals surface area (Å²) in [7, 11) is 1.65. The van der Waals surface area contributed by atoms with Crippen LogP contribution in [0.4, 0.5) is 0 Å². The van der Waals surface area contributed by atoms with Gasteiger partial charge in [-0.25, -0.2) is 0 Å². The Labute approximate surface area is 97.0 Å². The van der Waals surface area contributed by atoms with Crippen molar-refractivity contribution in [3.05, 3.63) is 29.8 Å². The predicted octanol–water partition coefficient (Wildman–Crippen LogP) is 2.62. The Bertz CT molecular complexity index is 363. The third-order valence-electron chi connectivity index (χ3n) is 2.79. The molecule has 0 radical (unpaired) electrons. The van der Waals surface area contributed by atoms with Gasteiger partial charge in [-0.05, 0) is 31.5 Å². The SMILES string of the molecule is CCN(C(C)=O)C(C)c1cccc(OC)c1. The zero-order chi connectivity index (χ0) is 12.1. The number of nitrogens with zero attached hydrogens (tertiary/aromatic N) is 1. The van der Waals surface area contributed by atoms with E-state index in [9.17, 15) is 4.79 Å². The van der Waals surface area contributed by atoms with Crippen molar-refractivity contribution in [2.75, 3.05) is 13.7 Å². The lowest BCUT2D eigenvalue weighted by atomic mass is 10.1. The van der Waals surface area contributed by atoms with Crippen molar-refractivity contribution < 1.29 is 9.53 Å². The molecule has 1 amide bonds. The van der Waals surface area contributed by atoms with Crippen LogP contribution in [-0.2, 0) is 4.79 Å². The van der Waals surface area contributed by atoms with Crippen LogP contribution in [0.2, 0.25) is 0 Å². The second kappa shape index (κ2) is 5.54. The third kappa shape index (κ3) is 2.75. The normalized spacial score (nSPS) is 12.0. The molecule has 0 aliphatic carbocycles. The maximum atomic E-state index is 11.4. The Morgan fingerprint density at radius 1 is 1.50 bits per heavy atom. The zero-order valence-corrected chi connectivity index (χ0v) is 10.4. The lowest BCUT2D eigenvalue weighted by Gasteiger charge is -2.27. The minimum absolute atomic E-state index is 0.0811. The molecule has 1 rings (SSSR count). The molecule has 0 aliphatic heterocycles. The van der Waals surface area contributed by atoms with Gasteiger partial charge in [-0.1, -0.05) is 12.1 Å². The second-order valence-corrected chi connectivity index (χ2v) is 3.76. The number of benzene rings is 1. The van der Waals surface area contributed by atoms with E-state index in [1.54, 1.807) is 14.0 Å². The van der Waals surface area contributed by atoms with Crippen LogP contribution in [-0.4, -0.2) is 24.5 Å². The van der Waals surface area contributed by atoms with Crippen molar-refractivity contribution in [3.8, 4) is 5.75 Å². The Morgan fingerprint density at radius 3 is 2.69 bits per heavy atom. The monoisotopic (exact) mass is 221 g/mol. The van der Waals surface area contributed by atoms with Gasteiger partial charge in [0.25, 0.3) is 0 Å². The highest BCUT2D eigenvalue weighted by molar-refractivity contribution is 5.73. The van der Waals surface area contributed by atoms with Gasteiger partial charge in [-0.15, -0.1) is 0 Å². The van der Waals surface area contributed by atoms with Crippen LogP contribution in [0.5, 0.6) is 5.75 Å². The van der Waals surface area contributed by atoms with Crippen molar-refractivity contribution in [2.24, 2.45) is 0 Å². The number of carbonyl (C=O) groups excluding carboxylic acids is 1. The molecule has 1 aromatic rings. The maximum absolute atomic E-state index is 11.4. The smallest absolute Gasteiger partial charge is 0.219 e. The molecule has 0 N–H and O–H groups in total. The molecule has 88 valence electrons. The third-order valence-corrected chi connectivity index (χ3v) is 2.79. The van der Waals surface area contributed by atoms with E-state index in [0.29, 0.717) is 6.54 Å². The van der Waals surface area contributed by atoms with Crippen LogP contribution in [0.25, 0.3) is 0 Å². The first kappa shape index (κ1) is 12.6. The van der Waals surface area contributed by atoms with E-state index in [1.807, 2.05) is 43.0 Å². The van der Waals surface area contributed by atoms with Crippen LogP contribution in [0.1, 0.15) is 32.4 Å². The standard InChI is InChI=1S/C13H19NO2/c1-5-14(11(3)15)10(2)12-7-6-8-13(9-12)16-4/h6-10H,5H2,1-4H3. The highest BCUT2D eigenvalue weighted by Gasteiger charge is 2.16. The largest absolute Gasteiger partial charge is 0.497 e. The van der Waals surface area contributed by atoms with Crippen molar-refractivity contribution in [2.45, 2.75) is 26.8 Å². The summed E-state index contributed by atoms with van der Waals surface area (Å²) in [5.41, 5.74) is 1.09. The van der Waals surface area contributed by atoms with E-state index in [4.69, 9.17) is 4.74 Å². The van der Waals surface area contributed by atoms with Gasteiger partial charge in [0, 0.05) is 13.5 Å². The van der Waals surface area contributed by atoms with Crippen molar-refractivity contribution in [3.63, 3.8) is 0 Å². The van der Waals surface area contributed by atoms with E-state index >= 15 is 0 Å². The summed E-state index contributed by atoms with van der Waals surface area (Å²) < 4.78 is 5.18. The summed E-state index contributed by atoms with van der Waals surface area (Å²) in [6.07, 6.45) is 0. The van der Waals surface area contributed by atoms with Crippen molar-refractivity contribution in [1.29, 1.82) is 0 Å². The fourth-order valence-electron chi connectivity index (χ4n) is 1.85. The Balaban J connectivity index is 2.93. The molecule has 1 atom stereocenters. The van der Waals surface area contributed by atoms with E-state index in [1.165, 1.54) is 0 Å². The quantitative estimate of drug-likeness (QED) is 0.782. The summed E-state index contributed by atoms with van der Waals surface area (Å²) in [6.45, 7) is 6.33. The van der Waals surface area contributed by atoms with E-state index in [0.717, 1.165) is 11.3 Å². The van der Waals surface area contributed by atoms with Crippen LogP contribution >= 0.6 is 0 Å². The lowest BCUT2D eigenvalue weighted by Crippen LogP contribution is -2.31. The molecule has 0 aliphatic rings. The summed E-state index contributed by atoms with van der Waals surface area (Å²) in [5.74, 6) is 0.918. The number of methoxy groups -OCH3 is 1. The van der Waals surface area contributed by atoms with Gasteiger partial charge < -0.3 is 9.64 Å². The number of ether oxygens (including phenoxy) is 1. The molecule has 0 saturated heterocycles. The van der Waals surface area contributed by atoms with Gasteiger partial charge in [0.2, 0.25) is 5.91 Å². The molecular formula is C13H19NO2. The Morgan fingerprint density at radius 2 is 2.19 bits per heavy atom. The molecule has 0 spiro atoms. The Kier molecular flexibility index (Phi) is 4.35. The first-order chi connectivity index (χ1) is 7.60.